The summed E-state index contributed by atoms with van der Waals surface area (Å²) in [4.78, 5) is 13.2. The second-order valence-electron chi connectivity index (χ2n) is 5.44. The average molecular weight is 284 g/mol. The summed E-state index contributed by atoms with van der Waals surface area (Å²) >= 11 is 1.86. The molecular weight excluding hydrogens is 268 g/mol. The van der Waals surface area contributed by atoms with Gasteiger partial charge in [-0.3, -0.25) is 4.79 Å². The van der Waals surface area contributed by atoms with Gasteiger partial charge in [-0.1, -0.05) is 6.07 Å². The fourth-order valence-corrected chi connectivity index (χ4v) is 4.13. The van der Waals surface area contributed by atoms with Crippen LogP contribution in [0, 0.1) is 0 Å². The molecule has 1 aliphatic heterocycles. The van der Waals surface area contributed by atoms with Crippen LogP contribution in [0.5, 0.6) is 0 Å². The topological polar surface area (TPSA) is 41.1 Å². The molecule has 2 heterocycles. The Hall–Kier alpha value is -1.81. The first kappa shape index (κ1) is 12.0. The largest absolute Gasteiger partial charge is 0.378 e. The summed E-state index contributed by atoms with van der Waals surface area (Å²) in [6, 6.07) is 8.73. The van der Waals surface area contributed by atoms with E-state index in [1.807, 2.05) is 23.5 Å². The SMILES string of the molecule is O=C1NCc2ccc(NC3CCCc4sccc43)cc21. The van der Waals surface area contributed by atoms with Gasteiger partial charge in [0.25, 0.3) is 5.91 Å². The van der Waals surface area contributed by atoms with E-state index in [1.165, 1.54) is 23.3 Å². The smallest absolute Gasteiger partial charge is 0.251 e. The molecule has 4 heteroatoms. The number of carbonyl (C=O) groups excluding carboxylic acids is 1. The molecule has 0 saturated carbocycles. The van der Waals surface area contributed by atoms with Crippen molar-refractivity contribution in [1.82, 2.24) is 5.32 Å². The number of carbonyl (C=O) groups is 1. The Morgan fingerprint density at radius 1 is 1.30 bits per heavy atom. The van der Waals surface area contributed by atoms with Crippen LogP contribution in [0.25, 0.3) is 0 Å². The van der Waals surface area contributed by atoms with Crippen molar-refractivity contribution in [2.75, 3.05) is 5.32 Å². The van der Waals surface area contributed by atoms with E-state index < -0.39 is 0 Å². The third-order valence-electron chi connectivity index (χ3n) is 4.19. The summed E-state index contributed by atoms with van der Waals surface area (Å²) in [5.41, 5.74) is 4.40. The van der Waals surface area contributed by atoms with Gasteiger partial charge in [-0.15, -0.1) is 11.3 Å². The fraction of sp³-hybridized carbons (Fsp3) is 0.312. The van der Waals surface area contributed by atoms with Crippen molar-refractivity contribution < 1.29 is 4.79 Å². The fourth-order valence-electron chi connectivity index (χ4n) is 3.14. The third-order valence-corrected chi connectivity index (χ3v) is 5.18. The van der Waals surface area contributed by atoms with Gasteiger partial charge in [-0.05, 0) is 54.0 Å². The number of nitrogens with one attached hydrogen (secondary N) is 2. The van der Waals surface area contributed by atoms with Crippen molar-refractivity contribution in [2.24, 2.45) is 0 Å². The summed E-state index contributed by atoms with van der Waals surface area (Å²) in [6.45, 7) is 0.659. The zero-order chi connectivity index (χ0) is 13.5. The Balaban J connectivity index is 1.62. The number of fused-ring (bicyclic) bond motifs is 2. The van der Waals surface area contributed by atoms with Crippen LogP contribution in [-0.2, 0) is 13.0 Å². The van der Waals surface area contributed by atoms with Crippen molar-refractivity contribution in [3.05, 3.63) is 51.2 Å². The first-order chi connectivity index (χ1) is 9.81. The van der Waals surface area contributed by atoms with Gasteiger partial charge in [0.15, 0.2) is 0 Å². The Kier molecular flexibility index (Phi) is 2.77. The lowest BCUT2D eigenvalue weighted by Gasteiger charge is -2.25. The second kappa shape index (κ2) is 4.63. The minimum atomic E-state index is 0.0449. The molecule has 1 aromatic heterocycles. The summed E-state index contributed by atoms with van der Waals surface area (Å²) in [6.07, 6.45) is 3.60. The van der Waals surface area contributed by atoms with Crippen LogP contribution in [0.2, 0.25) is 0 Å². The van der Waals surface area contributed by atoms with E-state index in [9.17, 15) is 4.79 Å². The highest BCUT2D eigenvalue weighted by molar-refractivity contribution is 7.10. The van der Waals surface area contributed by atoms with Crippen molar-refractivity contribution in [1.29, 1.82) is 0 Å². The second-order valence-corrected chi connectivity index (χ2v) is 6.44. The van der Waals surface area contributed by atoms with Gasteiger partial charge < -0.3 is 10.6 Å². The molecule has 3 nitrogen and oxygen atoms in total. The average Bonchev–Trinajstić information content (AvgIpc) is 3.07. The van der Waals surface area contributed by atoms with Crippen molar-refractivity contribution in [2.45, 2.75) is 31.8 Å². The molecule has 1 aromatic carbocycles. The molecular formula is C16H16N2OS. The minimum Gasteiger partial charge on any atom is -0.378 e. The molecule has 1 atom stereocenters. The third kappa shape index (κ3) is 1.91. The summed E-state index contributed by atoms with van der Waals surface area (Å²) in [5, 5.41) is 8.64. The zero-order valence-corrected chi connectivity index (χ0v) is 11.9. The van der Waals surface area contributed by atoms with Crippen LogP contribution in [0.1, 0.15) is 45.2 Å². The van der Waals surface area contributed by atoms with Crippen LogP contribution < -0.4 is 10.6 Å². The first-order valence-electron chi connectivity index (χ1n) is 7.05. The van der Waals surface area contributed by atoms with Gasteiger partial charge in [0.1, 0.15) is 0 Å². The maximum absolute atomic E-state index is 11.7. The first-order valence-corrected chi connectivity index (χ1v) is 7.93. The highest BCUT2D eigenvalue weighted by Crippen LogP contribution is 2.35. The molecule has 1 unspecified atom stereocenters. The van der Waals surface area contributed by atoms with Gasteiger partial charge in [-0.25, -0.2) is 0 Å². The molecule has 0 radical (unpaired) electrons. The van der Waals surface area contributed by atoms with Gasteiger partial charge in [0.05, 0.1) is 6.04 Å². The Morgan fingerprint density at radius 3 is 3.20 bits per heavy atom. The summed E-state index contributed by atoms with van der Waals surface area (Å²) in [5.74, 6) is 0.0449. The molecule has 0 bridgehead atoms. The predicted molar refractivity (Wildman–Crippen MR) is 81.2 cm³/mol. The zero-order valence-electron chi connectivity index (χ0n) is 11.1. The lowest BCUT2D eigenvalue weighted by atomic mass is 9.93. The predicted octanol–water partition coefficient (Wildman–Crippen LogP) is 3.48. The number of aryl methyl sites for hydroxylation is 1. The van der Waals surface area contributed by atoms with E-state index in [0.29, 0.717) is 12.6 Å². The molecule has 0 fully saturated rings. The van der Waals surface area contributed by atoms with Crippen LogP contribution in [0.4, 0.5) is 5.69 Å². The van der Waals surface area contributed by atoms with Crippen LogP contribution in [-0.4, -0.2) is 5.91 Å². The molecule has 2 aromatic rings. The van der Waals surface area contributed by atoms with Crippen LogP contribution in [0.15, 0.2) is 29.6 Å². The number of rotatable bonds is 2. The van der Waals surface area contributed by atoms with Crippen molar-refractivity contribution in [3.63, 3.8) is 0 Å². The molecule has 20 heavy (non-hydrogen) atoms. The van der Waals surface area contributed by atoms with Crippen LogP contribution >= 0.6 is 11.3 Å². The van der Waals surface area contributed by atoms with E-state index in [4.69, 9.17) is 0 Å². The van der Waals surface area contributed by atoms with E-state index in [-0.39, 0.29) is 5.91 Å². The molecule has 0 spiro atoms. The maximum atomic E-state index is 11.7. The molecule has 0 saturated heterocycles. The van der Waals surface area contributed by atoms with E-state index in [0.717, 1.165) is 23.2 Å². The Labute approximate surface area is 122 Å². The van der Waals surface area contributed by atoms with Crippen LogP contribution in [0.3, 0.4) is 0 Å². The van der Waals surface area contributed by atoms with Crippen molar-refractivity contribution in [3.8, 4) is 0 Å². The monoisotopic (exact) mass is 284 g/mol. The highest BCUT2D eigenvalue weighted by Gasteiger charge is 2.23. The Morgan fingerprint density at radius 2 is 2.25 bits per heavy atom. The lowest BCUT2D eigenvalue weighted by molar-refractivity contribution is 0.0966. The summed E-state index contributed by atoms with van der Waals surface area (Å²) in [7, 11) is 0. The maximum Gasteiger partial charge on any atom is 0.251 e. The highest BCUT2D eigenvalue weighted by atomic mass is 32.1. The standard InChI is InChI=1S/C16H16N2OS/c19-16-13-8-11(5-4-10(13)9-17-16)18-14-2-1-3-15-12(14)6-7-20-15/h4-8,14,18H,1-3,9H2,(H,17,19). The lowest BCUT2D eigenvalue weighted by Crippen LogP contribution is -2.16. The van der Waals surface area contributed by atoms with Gasteiger partial charge in [0.2, 0.25) is 0 Å². The number of hydrogen-bond acceptors (Lipinski definition) is 3. The quantitative estimate of drug-likeness (QED) is 0.886. The van der Waals surface area contributed by atoms with E-state index >= 15 is 0 Å². The molecule has 1 amide bonds. The molecule has 102 valence electrons. The number of hydrogen-bond donors (Lipinski definition) is 2. The van der Waals surface area contributed by atoms with E-state index in [2.05, 4.69) is 28.1 Å². The van der Waals surface area contributed by atoms with E-state index in [1.54, 1.807) is 0 Å². The summed E-state index contributed by atoms with van der Waals surface area (Å²) < 4.78 is 0. The number of thiophene rings is 1. The normalized spacial score (nSPS) is 20.2. The molecule has 4 rings (SSSR count). The Bertz CT molecular complexity index is 677. The van der Waals surface area contributed by atoms with Gasteiger partial charge in [0, 0.05) is 22.7 Å². The molecule has 2 aliphatic rings. The number of amides is 1. The number of anilines is 1. The van der Waals surface area contributed by atoms with Gasteiger partial charge in [-0.2, -0.15) is 0 Å². The minimum absolute atomic E-state index is 0.0449. The molecule has 2 N–H and O–H groups in total. The molecule has 1 aliphatic carbocycles. The number of benzene rings is 1. The van der Waals surface area contributed by atoms with Crippen molar-refractivity contribution >= 4 is 22.9 Å². The van der Waals surface area contributed by atoms with Gasteiger partial charge >= 0.3 is 0 Å².